The van der Waals surface area contributed by atoms with Crippen LogP contribution in [0.25, 0.3) is 11.3 Å². The normalized spacial score (nSPS) is 14.5. The number of ether oxygens (including phenoxy) is 1. The third-order valence-corrected chi connectivity index (χ3v) is 7.48. The smallest absolute Gasteiger partial charge is 0.331 e. The fourth-order valence-corrected chi connectivity index (χ4v) is 5.18. The summed E-state index contributed by atoms with van der Waals surface area (Å²) in [5, 5.41) is 5.54. The van der Waals surface area contributed by atoms with Gasteiger partial charge in [-0.05, 0) is 43.4 Å². The SMILES string of the molecule is CNC1CN(C(=O)c2ccc([NH2+]c3ncc4c(n3)-c3ccc(Cl)cc3C(c3c(F)cccc3OC)=NC4)cc2)C1. The van der Waals surface area contributed by atoms with Crippen LogP contribution in [-0.2, 0) is 6.54 Å². The Bertz CT molecular complexity index is 1640. The summed E-state index contributed by atoms with van der Waals surface area (Å²) < 4.78 is 20.6. The first-order valence-corrected chi connectivity index (χ1v) is 13.3. The van der Waals surface area contributed by atoms with Gasteiger partial charge in [0.1, 0.15) is 17.3 Å². The lowest BCUT2D eigenvalue weighted by atomic mass is 9.94. The van der Waals surface area contributed by atoms with E-state index < -0.39 is 5.82 Å². The number of quaternary nitrogens is 1. The number of nitrogens with one attached hydrogen (secondary N) is 1. The first-order valence-electron chi connectivity index (χ1n) is 12.9. The number of nitrogens with zero attached hydrogens (tertiary/aromatic N) is 4. The molecule has 0 radical (unpaired) electrons. The Morgan fingerprint density at radius 3 is 2.67 bits per heavy atom. The zero-order chi connectivity index (χ0) is 27.8. The highest BCUT2D eigenvalue weighted by molar-refractivity contribution is 6.31. The Labute approximate surface area is 235 Å². The molecule has 8 nitrogen and oxygen atoms in total. The van der Waals surface area contributed by atoms with Crippen LogP contribution < -0.4 is 15.4 Å². The van der Waals surface area contributed by atoms with E-state index in [2.05, 4.69) is 10.3 Å². The molecule has 2 aliphatic heterocycles. The van der Waals surface area contributed by atoms with Gasteiger partial charge in [-0.15, -0.1) is 0 Å². The molecule has 1 amide bonds. The number of hydrogen-bond acceptors (Lipinski definition) is 6. The Morgan fingerprint density at radius 2 is 1.93 bits per heavy atom. The monoisotopic (exact) mass is 557 g/mol. The Balaban J connectivity index is 1.30. The van der Waals surface area contributed by atoms with Gasteiger partial charge in [-0.3, -0.25) is 9.79 Å². The van der Waals surface area contributed by atoms with Crippen LogP contribution in [0.5, 0.6) is 5.75 Å². The van der Waals surface area contributed by atoms with Gasteiger partial charge in [-0.25, -0.2) is 9.71 Å². The van der Waals surface area contributed by atoms with E-state index in [4.69, 9.17) is 26.3 Å². The second kappa shape index (κ2) is 10.8. The number of methoxy groups -OCH3 is 1. The van der Waals surface area contributed by atoms with Crippen LogP contribution in [0.15, 0.2) is 71.9 Å². The topological polar surface area (TPSA) is 96.3 Å². The number of aromatic nitrogens is 2. The van der Waals surface area contributed by atoms with Crippen LogP contribution in [0.2, 0.25) is 5.02 Å². The molecule has 0 bridgehead atoms. The van der Waals surface area contributed by atoms with Crippen LogP contribution >= 0.6 is 11.6 Å². The van der Waals surface area contributed by atoms with E-state index in [0.29, 0.717) is 58.4 Å². The van der Waals surface area contributed by atoms with Gasteiger partial charge in [-0.2, -0.15) is 9.97 Å². The van der Waals surface area contributed by atoms with Crippen molar-refractivity contribution in [3.8, 4) is 17.0 Å². The highest BCUT2D eigenvalue weighted by atomic mass is 35.5. The van der Waals surface area contributed by atoms with Crippen LogP contribution in [-0.4, -0.2) is 59.8 Å². The number of nitrogens with two attached hydrogens (primary N) is 1. The molecule has 1 aromatic heterocycles. The summed E-state index contributed by atoms with van der Waals surface area (Å²) in [5.74, 6) is 0.476. The molecule has 0 spiro atoms. The molecule has 3 N–H and O–H groups in total. The summed E-state index contributed by atoms with van der Waals surface area (Å²) in [6.07, 6.45) is 1.75. The summed E-state index contributed by atoms with van der Waals surface area (Å²) in [6.45, 7) is 1.69. The minimum atomic E-state index is -0.437. The molecule has 1 saturated heterocycles. The van der Waals surface area contributed by atoms with Crippen molar-refractivity contribution in [3.63, 3.8) is 0 Å². The van der Waals surface area contributed by atoms with E-state index in [1.165, 1.54) is 13.2 Å². The molecule has 3 heterocycles. The van der Waals surface area contributed by atoms with Crippen LogP contribution in [0.1, 0.15) is 27.0 Å². The lowest BCUT2D eigenvalue weighted by Gasteiger charge is -2.39. The summed E-state index contributed by atoms with van der Waals surface area (Å²) in [7, 11) is 3.41. The van der Waals surface area contributed by atoms with Gasteiger partial charge < -0.3 is 15.0 Å². The third kappa shape index (κ3) is 4.83. The molecular formula is C30H27ClFN6O2+. The number of likely N-dealkylation sites (N-methyl/N-ethyl adjacent to an activating group) is 1. The van der Waals surface area contributed by atoms with Crippen molar-refractivity contribution >= 4 is 34.9 Å². The van der Waals surface area contributed by atoms with Crippen molar-refractivity contribution < 1.29 is 19.2 Å². The highest BCUT2D eigenvalue weighted by Crippen LogP contribution is 2.35. The molecule has 0 atom stereocenters. The molecule has 10 heteroatoms. The zero-order valence-corrected chi connectivity index (χ0v) is 22.7. The maximum Gasteiger partial charge on any atom is 0.331 e. The van der Waals surface area contributed by atoms with E-state index in [-0.39, 0.29) is 18.0 Å². The average molecular weight is 558 g/mol. The number of carbonyl (C=O) groups excluding carboxylic acids is 1. The summed E-state index contributed by atoms with van der Waals surface area (Å²) >= 11 is 6.39. The first-order chi connectivity index (χ1) is 19.4. The van der Waals surface area contributed by atoms with E-state index >= 15 is 4.39 Å². The van der Waals surface area contributed by atoms with Gasteiger partial charge in [0.2, 0.25) is 0 Å². The number of rotatable bonds is 6. The van der Waals surface area contributed by atoms with Crippen molar-refractivity contribution in [1.82, 2.24) is 20.2 Å². The summed E-state index contributed by atoms with van der Waals surface area (Å²) in [5.41, 5.74) is 5.17. The first kappa shape index (κ1) is 26.1. The number of benzene rings is 3. The lowest BCUT2D eigenvalue weighted by molar-refractivity contribution is -0.487. The van der Waals surface area contributed by atoms with Crippen molar-refractivity contribution in [1.29, 1.82) is 0 Å². The molecule has 0 aliphatic carbocycles. The maximum atomic E-state index is 15.1. The van der Waals surface area contributed by atoms with Crippen molar-refractivity contribution in [2.45, 2.75) is 12.6 Å². The second-order valence-corrected chi connectivity index (χ2v) is 10.2. The lowest BCUT2D eigenvalue weighted by Crippen LogP contribution is -2.72. The fourth-order valence-electron chi connectivity index (χ4n) is 5.01. The molecule has 3 aromatic carbocycles. The molecule has 202 valence electrons. The van der Waals surface area contributed by atoms with Crippen molar-refractivity contribution in [2.75, 3.05) is 27.2 Å². The Morgan fingerprint density at radius 1 is 1.12 bits per heavy atom. The average Bonchev–Trinajstić information content (AvgIpc) is 3.09. The molecule has 4 aromatic rings. The second-order valence-electron chi connectivity index (χ2n) is 9.74. The Kier molecular flexibility index (Phi) is 7.02. The van der Waals surface area contributed by atoms with Crippen LogP contribution in [0, 0.1) is 5.82 Å². The number of aliphatic imine (C=N–C) groups is 1. The minimum Gasteiger partial charge on any atom is -0.496 e. The number of hydrogen-bond donors (Lipinski definition) is 2. The molecular weight excluding hydrogens is 531 g/mol. The van der Waals surface area contributed by atoms with Gasteiger partial charge in [0.05, 0.1) is 30.6 Å². The molecule has 40 heavy (non-hydrogen) atoms. The largest absolute Gasteiger partial charge is 0.496 e. The predicted octanol–water partition coefficient (Wildman–Crippen LogP) is 3.87. The quantitative estimate of drug-likeness (QED) is 0.351. The van der Waals surface area contributed by atoms with Gasteiger partial charge >= 0.3 is 5.95 Å². The molecule has 0 saturated carbocycles. The third-order valence-electron chi connectivity index (χ3n) is 7.25. The van der Waals surface area contributed by atoms with Crippen LogP contribution in [0.3, 0.4) is 0 Å². The number of carbonyl (C=O) groups is 1. The Hall–Kier alpha value is -4.18. The molecule has 6 rings (SSSR count). The summed E-state index contributed by atoms with van der Waals surface area (Å²) in [6, 6.07) is 17.9. The van der Waals surface area contributed by atoms with E-state index in [1.807, 2.05) is 47.6 Å². The molecule has 0 unspecified atom stereocenters. The summed E-state index contributed by atoms with van der Waals surface area (Å²) in [4.78, 5) is 28.7. The number of amides is 1. The van der Waals surface area contributed by atoms with Crippen molar-refractivity contribution in [3.05, 3.63) is 100.0 Å². The van der Waals surface area contributed by atoms with Crippen LogP contribution in [0.4, 0.5) is 16.0 Å². The van der Waals surface area contributed by atoms with Crippen molar-refractivity contribution in [2.24, 2.45) is 4.99 Å². The van der Waals surface area contributed by atoms with Gasteiger partial charge in [0.25, 0.3) is 5.91 Å². The van der Waals surface area contributed by atoms with Gasteiger partial charge in [0, 0.05) is 64.7 Å². The molecule has 1 fully saturated rings. The zero-order valence-electron chi connectivity index (χ0n) is 22.0. The van der Waals surface area contributed by atoms with Gasteiger partial charge in [-0.1, -0.05) is 23.7 Å². The van der Waals surface area contributed by atoms with E-state index in [0.717, 1.165) is 16.8 Å². The minimum absolute atomic E-state index is 0.0249. The van der Waals surface area contributed by atoms with Gasteiger partial charge in [0.15, 0.2) is 0 Å². The van der Waals surface area contributed by atoms with E-state index in [1.54, 1.807) is 30.5 Å². The fraction of sp³-hybridized carbons (Fsp3) is 0.200. The highest BCUT2D eigenvalue weighted by Gasteiger charge is 2.30. The maximum absolute atomic E-state index is 15.1. The standard InChI is InChI=1S/C30H26ClFN6O2/c1-33-21-15-38(16-21)29(39)17-6-9-20(10-7-17)36-30-35-14-18-13-34-28(26-24(32)4-3-5-25(26)40-2)23-12-19(31)8-11-22(23)27(18)37-30/h3-12,14,21,33H,13,15-16H2,1-2H3,(H,35,36,37)/p+1. The number of fused-ring (bicyclic) bond motifs is 3. The number of halogens is 2. The van der Waals surface area contributed by atoms with E-state index in [9.17, 15) is 4.79 Å². The number of likely N-dealkylation sites (tertiary alicyclic amines) is 1. The molecule has 2 aliphatic rings. The predicted molar refractivity (Wildman–Crippen MR) is 151 cm³/mol.